The summed E-state index contributed by atoms with van der Waals surface area (Å²) in [4.78, 5) is 55.1. The van der Waals surface area contributed by atoms with Gasteiger partial charge >= 0.3 is 0 Å². The minimum atomic E-state index is -3.18. The van der Waals surface area contributed by atoms with Crippen molar-refractivity contribution in [1.82, 2.24) is 55.0 Å². The summed E-state index contributed by atoms with van der Waals surface area (Å²) in [5, 5.41) is 54.4. The molecule has 5 aromatic heterocycles. The van der Waals surface area contributed by atoms with Gasteiger partial charge in [-0.15, -0.1) is 5.11 Å². The van der Waals surface area contributed by atoms with Gasteiger partial charge in [-0.3, -0.25) is 14.6 Å². The largest absolute Gasteiger partial charge is 0.508 e. The lowest BCUT2D eigenvalue weighted by Crippen LogP contribution is -2.46. The first-order valence-corrected chi connectivity index (χ1v) is 35.3. The maximum absolute atomic E-state index is 12.5. The molecule has 1 saturated heterocycles. The molecule has 2 aliphatic heterocycles. The minimum absolute atomic E-state index is 0.00197. The number of fused-ring (bicyclic) bond motifs is 2. The topological polar surface area (TPSA) is 316 Å². The molecule has 0 unspecified atom stereocenters. The molecule has 7 heterocycles. The van der Waals surface area contributed by atoms with E-state index in [0.717, 1.165) is 81.6 Å². The van der Waals surface area contributed by atoms with Crippen molar-refractivity contribution in [3.8, 4) is 23.0 Å². The van der Waals surface area contributed by atoms with E-state index in [1.807, 2.05) is 91.2 Å². The molecular weight excluding hydrogens is 1370 g/mol. The number of halogens is 3. The van der Waals surface area contributed by atoms with Gasteiger partial charge in [0.1, 0.15) is 17.3 Å². The number of benzene rings is 5. The van der Waals surface area contributed by atoms with Crippen LogP contribution >= 0.6 is 39.1 Å². The molecule has 0 bridgehead atoms. The summed E-state index contributed by atoms with van der Waals surface area (Å²) in [6, 6.07) is 38.9. The highest BCUT2D eigenvalue weighted by atomic mass is 79.9. The highest BCUT2D eigenvalue weighted by Gasteiger charge is 2.27. The predicted octanol–water partition coefficient (Wildman–Crippen LogP) is 14.0. The number of phenols is 1. The normalized spacial score (nSPS) is 13.4. The van der Waals surface area contributed by atoms with Gasteiger partial charge in [0.15, 0.2) is 32.5 Å². The lowest BCUT2D eigenvalue weighted by Gasteiger charge is -2.24. The van der Waals surface area contributed by atoms with Crippen molar-refractivity contribution in [1.29, 1.82) is 0 Å². The second kappa shape index (κ2) is 33.7. The number of para-hydroxylation sites is 1. The van der Waals surface area contributed by atoms with Crippen molar-refractivity contribution in [3.05, 3.63) is 200 Å². The lowest BCUT2D eigenvalue weighted by molar-refractivity contribution is -0.115. The number of aliphatic hydroxyl groups is 1. The second-order valence-electron chi connectivity index (χ2n) is 23.9. The van der Waals surface area contributed by atoms with E-state index in [1.54, 1.807) is 61.1 Å². The van der Waals surface area contributed by atoms with Crippen LogP contribution in [0.5, 0.6) is 11.6 Å². The number of amides is 2. The summed E-state index contributed by atoms with van der Waals surface area (Å²) < 4.78 is 28.3. The average molecular weight is 1450 g/mol. The van der Waals surface area contributed by atoms with E-state index in [-0.39, 0.29) is 63.6 Å². The number of aryl methyl sites for hydroxylation is 2. The summed E-state index contributed by atoms with van der Waals surface area (Å²) in [5.74, 6) is 1.24. The number of phenolic OH excluding ortho intramolecular Hbond substituents is 1. The fourth-order valence-corrected chi connectivity index (χ4v) is 12.2. The number of hydrogen-bond donors (Lipinski definition) is 9. The van der Waals surface area contributed by atoms with Crippen LogP contribution in [-0.4, -0.2) is 125 Å². The molecule has 0 aliphatic carbocycles. The van der Waals surface area contributed by atoms with Crippen molar-refractivity contribution < 1.29 is 33.3 Å². The van der Waals surface area contributed by atoms with Crippen molar-refractivity contribution >= 4 is 112 Å². The van der Waals surface area contributed by atoms with Crippen LogP contribution in [0.1, 0.15) is 105 Å². The van der Waals surface area contributed by atoms with Crippen LogP contribution in [0.15, 0.2) is 176 Å². The highest BCUT2D eigenvalue weighted by molar-refractivity contribution is 9.10. The molecule has 10 aromatic rings. The maximum Gasteiger partial charge on any atom is 0.271 e. The summed E-state index contributed by atoms with van der Waals surface area (Å²) in [5.41, 5.74) is 10.3. The number of aliphatic imine (C=N–C) groups is 1. The summed E-state index contributed by atoms with van der Waals surface area (Å²) in [6.07, 6.45) is 9.48. The Balaban J connectivity index is 0.000000154. The number of nitrogens with one attached hydrogen (secondary N) is 6. The second-order valence-corrected chi connectivity index (χ2v) is 27.7. The van der Waals surface area contributed by atoms with Crippen LogP contribution in [0, 0.1) is 13.8 Å². The Morgan fingerprint density at radius 3 is 2.22 bits per heavy atom. The van der Waals surface area contributed by atoms with Crippen LogP contribution < -0.4 is 26.6 Å². The maximum atomic E-state index is 12.5. The van der Waals surface area contributed by atoms with E-state index in [1.165, 1.54) is 17.5 Å². The van der Waals surface area contributed by atoms with Crippen LogP contribution in [0.2, 0.25) is 10.0 Å². The number of aliphatic hydroxyl groups excluding tert-OH is 1. The quantitative estimate of drug-likeness (QED) is 0.0340. The van der Waals surface area contributed by atoms with Gasteiger partial charge in [0, 0.05) is 64.7 Å². The Bertz CT molecular complexity index is 4620. The van der Waals surface area contributed by atoms with Crippen molar-refractivity contribution in [2.24, 2.45) is 15.2 Å². The Hall–Kier alpha value is -9.37. The van der Waals surface area contributed by atoms with Gasteiger partial charge in [0.25, 0.3) is 11.8 Å². The van der Waals surface area contributed by atoms with Crippen LogP contribution in [0.4, 0.5) is 23.1 Å². The zero-order chi connectivity index (χ0) is 70.2. The number of rotatable bonds is 19. The van der Waals surface area contributed by atoms with Gasteiger partial charge in [0.05, 0.1) is 74.3 Å². The number of H-pyrrole nitrogens is 1. The number of aromatic nitrogens is 8. The zero-order valence-corrected chi connectivity index (χ0v) is 59.4. The van der Waals surface area contributed by atoms with E-state index in [0.29, 0.717) is 64.9 Å². The third-order valence-electron chi connectivity index (χ3n) is 15.9. The summed E-state index contributed by atoms with van der Waals surface area (Å²) in [6.45, 7) is 17.0. The zero-order valence-electron chi connectivity index (χ0n) is 55.5. The van der Waals surface area contributed by atoms with E-state index < -0.39 is 15.7 Å². The SMILES string of the molecule is CC[C@H](CO)Nc1nc(NCc2ccccc2O)c2ncn(C(C)C)c2n1.Cc1ccc(-c2ccnc(Cc3ccc(S(C)(=O)=O)cc3)n2)n1C(C)C.Cc1ccc(N=Nc2c(O)[nH]c3cc(Br)ccc23)cc1.O=C(NC1CCNCC1)C1=NCC=C1NC(=O)c1c(Cl)cccc1Cl. The minimum Gasteiger partial charge on any atom is -0.508 e. The lowest BCUT2D eigenvalue weighted by atomic mass is 10.1. The van der Waals surface area contributed by atoms with Gasteiger partial charge in [-0.05, 0) is 164 Å². The van der Waals surface area contributed by atoms with Gasteiger partial charge in [0.2, 0.25) is 11.8 Å². The number of hydrogen-bond acceptors (Lipinski definition) is 18. The highest BCUT2D eigenvalue weighted by Crippen LogP contribution is 2.38. The number of azo groups is 1. The number of nitrogens with zero attached hydrogens (tertiary/aromatic N) is 10. The number of imidazole rings is 1. The first-order chi connectivity index (χ1) is 47.0. The molecule has 98 heavy (non-hydrogen) atoms. The van der Waals surface area contributed by atoms with Crippen molar-refractivity contribution in [2.45, 2.75) is 110 Å². The summed E-state index contributed by atoms with van der Waals surface area (Å²) in [7, 11) is -3.18. The molecule has 27 heteroatoms. The number of sulfone groups is 1. The van der Waals surface area contributed by atoms with E-state index in [9.17, 15) is 33.3 Å². The fraction of sp³-hybridized carbons (Fsp3) is 0.296. The number of carbonyl (C=O) groups is 2. The van der Waals surface area contributed by atoms with Crippen LogP contribution in [0.3, 0.4) is 0 Å². The molecule has 2 amide bonds. The predicted molar refractivity (Wildman–Crippen MR) is 390 cm³/mol. The first kappa shape index (κ1) is 72.9. The Morgan fingerprint density at radius 2 is 1.55 bits per heavy atom. The monoisotopic (exact) mass is 1450 g/mol. The molecule has 0 spiro atoms. The number of piperidine rings is 1. The smallest absolute Gasteiger partial charge is 0.271 e. The molecule has 23 nitrogen and oxygen atoms in total. The van der Waals surface area contributed by atoms with Crippen molar-refractivity contribution in [3.63, 3.8) is 0 Å². The number of anilines is 2. The number of carbonyl (C=O) groups excluding carboxylic acids is 2. The van der Waals surface area contributed by atoms with Crippen molar-refractivity contribution in [2.75, 3.05) is 43.1 Å². The first-order valence-electron chi connectivity index (χ1n) is 31.9. The van der Waals surface area contributed by atoms with Gasteiger partial charge in [-0.2, -0.15) is 15.1 Å². The molecule has 0 radical (unpaired) electrons. The molecule has 0 saturated carbocycles. The molecule has 5 aromatic carbocycles. The third kappa shape index (κ3) is 19.0. The molecule has 1 atom stereocenters. The number of aromatic amines is 1. The average Bonchev–Trinajstić information content (AvgIpc) is 1.66. The molecule has 1 fully saturated rings. The standard InChI is InChI=1S/C20H23N3O2S.C19H26N6O2.C17H18Cl2N4O2.C15H12BrN3O/c1-14(2)23-15(3)5-10-19(23)18-11-12-21-20(22-18)13-16-6-8-17(9-7-16)26(4,24)25;1-4-14(10-26)22-19-23-17(20-9-13-7-5-6-8-15(13)27)16-18(24-19)25(11-21-16)12(2)3;18-11-2-1-3-12(19)14(11)16(24)23-13-6-9-21-15(13)17(25)22-10-4-7-20-8-5-10;1-9-2-5-11(6-3-9)18-19-14-12-7-4-10(16)8-13(12)17-15(14)20/h5-12,14H,13H2,1-4H3;5-8,11-12,14,26-27H,4,9-10H2,1-3H3,(H2,20,22,23,24);1-3,6,10,20H,4-5,7-9H2,(H,22,25)(H,23,24);2-8,17,20H,1H3/t;14-;;/m.1../s1. The molecular formula is C71H79BrCl2N16O7S. The molecule has 12 rings (SSSR count). The Labute approximate surface area is 587 Å². The van der Waals surface area contributed by atoms with Gasteiger partial charge < -0.3 is 56.0 Å². The van der Waals surface area contributed by atoms with E-state index in [4.69, 9.17) is 28.2 Å². The molecule has 9 N–H and O–H groups in total. The fourth-order valence-electron chi connectivity index (χ4n) is 10.7. The molecule has 512 valence electrons. The van der Waals surface area contributed by atoms with Gasteiger partial charge in [-0.25, -0.2) is 23.4 Å². The van der Waals surface area contributed by atoms with Gasteiger partial charge in [-0.1, -0.05) is 100 Å². The van der Waals surface area contributed by atoms with Crippen LogP contribution in [0.25, 0.3) is 33.5 Å². The van der Waals surface area contributed by atoms with E-state index >= 15 is 0 Å². The Kier molecular flexibility index (Phi) is 25.1. The molecule has 2 aliphatic rings. The summed E-state index contributed by atoms with van der Waals surface area (Å²) >= 11 is 15.5. The Morgan fingerprint density at radius 1 is 0.827 bits per heavy atom. The van der Waals surface area contributed by atoms with Crippen LogP contribution in [-0.2, 0) is 27.6 Å². The third-order valence-corrected chi connectivity index (χ3v) is 18.2. The number of aromatic hydroxyl groups is 2. The van der Waals surface area contributed by atoms with E-state index in [2.05, 4.69) is 134 Å².